The summed E-state index contributed by atoms with van der Waals surface area (Å²) in [7, 11) is 0. The topological polar surface area (TPSA) is 73.5 Å². The summed E-state index contributed by atoms with van der Waals surface area (Å²) in [5.41, 5.74) is 1.26. The molecule has 0 aromatic carbocycles. The molecule has 112 valence electrons. The molecule has 2 fully saturated rings. The third kappa shape index (κ3) is 3.26. The molecule has 8 heteroatoms. The van der Waals surface area contributed by atoms with Crippen LogP contribution in [0.3, 0.4) is 0 Å². The van der Waals surface area contributed by atoms with Crippen LogP contribution in [-0.4, -0.2) is 42.3 Å². The molecule has 4 rings (SSSR count). The average Bonchev–Trinajstić information content (AvgIpc) is 3.41. The lowest BCUT2D eigenvalue weighted by Crippen LogP contribution is -2.22. The number of rotatable bonds is 8. The Hall–Kier alpha value is -1.41. The largest absolute Gasteiger partial charge is 0.331 e. The van der Waals surface area contributed by atoms with Gasteiger partial charge in [-0.05, 0) is 36.1 Å². The minimum atomic E-state index is 0.668. The van der Waals surface area contributed by atoms with Crippen LogP contribution in [0.4, 0.5) is 0 Å². The minimum absolute atomic E-state index is 0.668. The van der Waals surface area contributed by atoms with Crippen LogP contribution in [0.15, 0.2) is 17.7 Å². The highest BCUT2D eigenvalue weighted by atomic mass is 32.2. The zero-order chi connectivity index (χ0) is 14.1. The van der Waals surface area contributed by atoms with E-state index in [-0.39, 0.29) is 0 Å². The number of thioether (sulfide) groups is 1. The Balaban J connectivity index is 1.33. The maximum absolute atomic E-state index is 4.26. The lowest BCUT2D eigenvalue weighted by atomic mass is 10.5. The molecule has 0 spiro atoms. The van der Waals surface area contributed by atoms with E-state index in [1.165, 1.54) is 31.4 Å². The van der Waals surface area contributed by atoms with E-state index in [0.29, 0.717) is 6.04 Å². The molecule has 0 aliphatic heterocycles. The molecule has 2 heterocycles. The van der Waals surface area contributed by atoms with Crippen molar-refractivity contribution in [3.05, 3.63) is 18.2 Å². The molecule has 0 unspecified atom stereocenters. The number of imidazole rings is 1. The Morgan fingerprint density at radius 1 is 1.29 bits per heavy atom. The standard InChI is InChI=1S/C13H19N7S/c1-2-10(1)15-5-6-20-13(16-17-18-20)21-8-12-7-14-9-19(12)11-3-4-11/h7,9-11,15H,1-6,8H2. The van der Waals surface area contributed by atoms with Gasteiger partial charge in [-0.1, -0.05) is 11.8 Å². The number of nitrogens with zero attached hydrogens (tertiary/aromatic N) is 6. The Kier molecular flexibility index (Phi) is 3.64. The van der Waals surface area contributed by atoms with Crippen LogP contribution in [0, 0.1) is 0 Å². The van der Waals surface area contributed by atoms with Crippen molar-refractivity contribution in [1.82, 2.24) is 35.1 Å². The Labute approximate surface area is 127 Å². The molecule has 2 aromatic heterocycles. The summed E-state index contributed by atoms with van der Waals surface area (Å²) >= 11 is 1.68. The summed E-state index contributed by atoms with van der Waals surface area (Å²) in [6.45, 7) is 1.76. The van der Waals surface area contributed by atoms with Crippen molar-refractivity contribution in [3.8, 4) is 0 Å². The molecular weight excluding hydrogens is 286 g/mol. The van der Waals surface area contributed by atoms with Crippen LogP contribution in [0.5, 0.6) is 0 Å². The first-order valence-corrected chi connectivity index (χ1v) is 8.52. The number of tetrazole rings is 1. The zero-order valence-corrected chi connectivity index (χ0v) is 12.7. The van der Waals surface area contributed by atoms with Gasteiger partial charge in [-0.2, -0.15) is 0 Å². The molecule has 2 aliphatic rings. The van der Waals surface area contributed by atoms with Gasteiger partial charge in [0.2, 0.25) is 5.16 Å². The van der Waals surface area contributed by atoms with Gasteiger partial charge in [0.25, 0.3) is 0 Å². The molecule has 0 bridgehead atoms. The van der Waals surface area contributed by atoms with Gasteiger partial charge in [-0.3, -0.25) is 0 Å². The van der Waals surface area contributed by atoms with Crippen molar-refractivity contribution in [2.45, 2.75) is 55.2 Å². The Bertz CT molecular complexity index is 599. The van der Waals surface area contributed by atoms with Gasteiger partial charge in [-0.25, -0.2) is 9.67 Å². The molecule has 0 radical (unpaired) electrons. The van der Waals surface area contributed by atoms with E-state index in [2.05, 4.69) is 30.4 Å². The molecule has 0 atom stereocenters. The van der Waals surface area contributed by atoms with Gasteiger partial charge >= 0.3 is 0 Å². The summed E-state index contributed by atoms with van der Waals surface area (Å²) in [5.74, 6) is 0.868. The zero-order valence-electron chi connectivity index (χ0n) is 11.9. The monoisotopic (exact) mass is 305 g/mol. The quantitative estimate of drug-likeness (QED) is 0.740. The van der Waals surface area contributed by atoms with Crippen molar-refractivity contribution in [3.63, 3.8) is 0 Å². The number of hydrogen-bond acceptors (Lipinski definition) is 6. The van der Waals surface area contributed by atoms with E-state index in [1.54, 1.807) is 11.8 Å². The van der Waals surface area contributed by atoms with E-state index in [9.17, 15) is 0 Å². The van der Waals surface area contributed by atoms with Crippen molar-refractivity contribution in [2.75, 3.05) is 6.54 Å². The lowest BCUT2D eigenvalue weighted by Gasteiger charge is -2.07. The molecule has 2 aromatic rings. The SMILES string of the molecule is c1ncn(C2CC2)c1CSc1nnnn1CCNC1CC1. The maximum Gasteiger partial charge on any atom is 0.209 e. The second-order valence-electron chi connectivity index (χ2n) is 5.73. The Morgan fingerprint density at radius 2 is 2.19 bits per heavy atom. The molecule has 0 amide bonds. The maximum atomic E-state index is 4.26. The first-order chi connectivity index (χ1) is 10.4. The van der Waals surface area contributed by atoms with Gasteiger partial charge in [0.15, 0.2) is 0 Å². The second-order valence-corrected chi connectivity index (χ2v) is 6.67. The molecule has 2 aliphatic carbocycles. The van der Waals surface area contributed by atoms with Crippen molar-refractivity contribution in [2.24, 2.45) is 0 Å². The van der Waals surface area contributed by atoms with Crippen LogP contribution in [0.25, 0.3) is 0 Å². The van der Waals surface area contributed by atoms with Crippen LogP contribution in [0.1, 0.15) is 37.4 Å². The normalized spacial score (nSPS) is 18.3. The smallest absolute Gasteiger partial charge is 0.209 e. The third-order valence-corrected chi connectivity index (χ3v) is 4.86. The van der Waals surface area contributed by atoms with Gasteiger partial charge in [0, 0.05) is 36.3 Å². The lowest BCUT2D eigenvalue weighted by molar-refractivity contribution is 0.509. The van der Waals surface area contributed by atoms with Crippen LogP contribution >= 0.6 is 11.8 Å². The first kappa shape index (κ1) is 13.3. The molecule has 2 saturated carbocycles. The summed E-state index contributed by atoms with van der Waals surface area (Å²) in [4.78, 5) is 4.26. The number of hydrogen-bond donors (Lipinski definition) is 1. The van der Waals surface area contributed by atoms with Gasteiger partial charge in [-0.15, -0.1) is 5.10 Å². The molecular formula is C13H19N7S. The van der Waals surface area contributed by atoms with Crippen molar-refractivity contribution in [1.29, 1.82) is 0 Å². The van der Waals surface area contributed by atoms with E-state index in [0.717, 1.165) is 30.0 Å². The van der Waals surface area contributed by atoms with E-state index < -0.39 is 0 Å². The molecule has 21 heavy (non-hydrogen) atoms. The molecule has 1 N–H and O–H groups in total. The van der Waals surface area contributed by atoms with Crippen LogP contribution in [-0.2, 0) is 12.3 Å². The van der Waals surface area contributed by atoms with Gasteiger partial charge in [0.05, 0.1) is 12.9 Å². The van der Waals surface area contributed by atoms with Crippen molar-refractivity contribution < 1.29 is 0 Å². The highest BCUT2D eigenvalue weighted by Crippen LogP contribution is 2.36. The first-order valence-electron chi connectivity index (χ1n) is 7.53. The highest BCUT2D eigenvalue weighted by Gasteiger charge is 2.25. The Morgan fingerprint density at radius 3 is 3.00 bits per heavy atom. The summed E-state index contributed by atoms with van der Waals surface area (Å²) in [6.07, 6.45) is 9.06. The number of nitrogens with one attached hydrogen (secondary N) is 1. The molecule has 7 nitrogen and oxygen atoms in total. The molecule has 0 saturated heterocycles. The second kappa shape index (κ2) is 5.76. The van der Waals surface area contributed by atoms with Crippen LogP contribution in [0.2, 0.25) is 0 Å². The summed E-state index contributed by atoms with van der Waals surface area (Å²) in [5, 5.41) is 16.4. The van der Waals surface area contributed by atoms with E-state index in [1.807, 2.05) is 17.2 Å². The van der Waals surface area contributed by atoms with Gasteiger partial charge in [0.1, 0.15) is 0 Å². The van der Waals surface area contributed by atoms with Gasteiger partial charge < -0.3 is 9.88 Å². The average molecular weight is 305 g/mol. The summed E-state index contributed by atoms with van der Waals surface area (Å²) < 4.78 is 4.17. The van der Waals surface area contributed by atoms with E-state index in [4.69, 9.17) is 0 Å². The fourth-order valence-corrected chi connectivity index (χ4v) is 3.24. The van der Waals surface area contributed by atoms with Crippen LogP contribution < -0.4 is 5.32 Å². The summed E-state index contributed by atoms with van der Waals surface area (Å²) in [6, 6.07) is 1.40. The fourth-order valence-electron chi connectivity index (χ4n) is 2.37. The van der Waals surface area contributed by atoms with Crippen molar-refractivity contribution >= 4 is 11.8 Å². The third-order valence-electron chi connectivity index (χ3n) is 3.87. The predicted molar refractivity (Wildman–Crippen MR) is 78.9 cm³/mol. The minimum Gasteiger partial charge on any atom is -0.331 e. The predicted octanol–water partition coefficient (Wildman–Crippen LogP) is 1.25. The highest BCUT2D eigenvalue weighted by molar-refractivity contribution is 7.98. The number of aromatic nitrogens is 6. The van der Waals surface area contributed by atoms with E-state index >= 15 is 0 Å². The fraction of sp³-hybridized carbons (Fsp3) is 0.692.